The van der Waals surface area contributed by atoms with Gasteiger partial charge in [0.2, 0.25) is 0 Å². The summed E-state index contributed by atoms with van der Waals surface area (Å²) in [4.78, 5) is 2.65. The molecule has 0 radical (unpaired) electrons. The fourth-order valence-electron chi connectivity index (χ4n) is 3.16. The van der Waals surface area contributed by atoms with E-state index in [-0.39, 0.29) is 0 Å². The van der Waals surface area contributed by atoms with Crippen molar-refractivity contribution in [2.24, 2.45) is 0 Å². The second kappa shape index (κ2) is 4.43. The van der Waals surface area contributed by atoms with Crippen LogP contribution in [0.5, 0.6) is 0 Å². The maximum Gasteiger partial charge on any atom is 0.0193 e. The molecular weight excluding hydrogens is 208 g/mol. The molecule has 0 bridgehead atoms. The minimum Gasteiger partial charge on any atom is -0.311 e. The number of rotatable bonds is 2. The van der Waals surface area contributed by atoms with E-state index in [9.17, 15) is 0 Å². The van der Waals surface area contributed by atoms with Gasteiger partial charge in [0.15, 0.2) is 0 Å². The Morgan fingerprint density at radius 3 is 2.94 bits per heavy atom. The maximum absolute atomic E-state index is 3.55. The molecule has 1 aliphatic heterocycles. The van der Waals surface area contributed by atoms with E-state index in [4.69, 9.17) is 0 Å². The molecule has 17 heavy (non-hydrogen) atoms. The number of hydrogen-bond acceptors (Lipinski definition) is 2. The number of benzene rings is 1. The van der Waals surface area contributed by atoms with Crippen LogP contribution in [0.1, 0.15) is 30.9 Å². The standard InChI is InChI=1S/C15H22N2/c1-11-9-17(12(2)8-16-11)10-14-7-13-5-3-4-6-15(13)14/h3-6,11-12,14,16H,7-10H2,1-2H3. The van der Waals surface area contributed by atoms with Gasteiger partial charge in [0, 0.05) is 37.6 Å². The highest BCUT2D eigenvalue weighted by Crippen LogP contribution is 2.35. The van der Waals surface area contributed by atoms with Gasteiger partial charge in [0.1, 0.15) is 0 Å². The molecule has 3 atom stereocenters. The molecule has 3 rings (SSSR count). The van der Waals surface area contributed by atoms with E-state index in [1.807, 2.05) is 0 Å². The van der Waals surface area contributed by atoms with Crippen LogP contribution >= 0.6 is 0 Å². The first kappa shape index (κ1) is 11.2. The van der Waals surface area contributed by atoms with Crippen LogP contribution < -0.4 is 5.32 Å². The molecule has 1 saturated heterocycles. The van der Waals surface area contributed by atoms with E-state index in [1.54, 1.807) is 11.1 Å². The van der Waals surface area contributed by atoms with Crippen molar-refractivity contribution in [3.63, 3.8) is 0 Å². The summed E-state index contributed by atoms with van der Waals surface area (Å²) in [5.41, 5.74) is 3.15. The van der Waals surface area contributed by atoms with E-state index >= 15 is 0 Å². The zero-order valence-electron chi connectivity index (χ0n) is 10.8. The Morgan fingerprint density at radius 2 is 2.12 bits per heavy atom. The molecule has 1 aromatic rings. The van der Waals surface area contributed by atoms with Gasteiger partial charge in [0.05, 0.1) is 0 Å². The van der Waals surface area contributed by atoms with E-state index in [1.165, 1.54) is 19.5 Å². The first-order valence-corrected chi connectivity index (χ1v) is 6.79. The highest BCUT2D eigenvalue weighted by molar-refractivity contribution is 5.40. The van der Waals surface area contributed by atoms with Crippen LogP contribution in [0.3, 0.4) is 0 Å². The normalized spacial score (nSPS) is 32.9. The van der Waals surface area contributed by atoms with E-state index in [2.05, 4.69) is 48.3 Å². The summed E-state index contributed by atoms with van der Waals surface area (Å²) in [6, 6.07) is 10.2. The Balaban J connectivity index is 1.65. The zero-order valence-corrected chi connectivity index (χ0v) is 10.8. The maximum atomic E-state index is 3.55. The van der Waals surface area contributed by atoms with Crippen molar-refractivity contribution in [3.05, 3.63) is 35.4 Å². The zero-order chi connectivity index (χ0) is 11.8. The minimum absolute atomic E-state index is 0.640. The van der Waals surface area contributed by atoms with Crippen LogP contribution in [-0.4, -0.2) is 36.6 Å². The van der Waals surface area contributed by atoms with Crippen molar-refractivity contribution in [1.82, 2.24) is 10.2 Å². The molecule has 1 fully saturated rings. The van der Waals surface area contributed by atoms with Crippen molar-refractivity contribution in [1.29, 1.82) is 0 Å². The van der Waals surface area contributed by atoms with E-state index in [0.29, 0.717) is 12.1 Å². The van der Waals surface area contributed by atoms with Crippen LogP contribution in [0.25, 0.3) is 0 Å². The summed E-state index contributed by atoms with van der Waals surface area (Å²) in [6.07, 6.45) is 1.28. The molecule has 0 amide bonds. The van der Waals surface area contributed by atoms with Crippen molar-refractivity contribution < 1.29 is 0 Å². The minimum atomic E-state index is 0.640. The highest BCUT2D eigenvalue weighted by Gasteiger charge is 2.30. The molecule has 2 heteroatoms. The van der Waals surface area contributed by atoms with Crippen molar-refractivity contribution in [3.8, 4) is 0 Å². The Bertz CT molecular complexity index is 402. The molecule has 0 aromatic heterocycles. The van der Waals surface area contributed by atoms with Crippen LogP contribution in [-0.2, 0) is 6.42 Å². The first-order valence-electron chi connectivity index (χ1n) is 6.79. The summed E-state index contributed by atoms with van der Waals surface area (Å²) >= 11 is 0. The van der Waals surface area contributed by atoms with Gasteiger partial charge in [-0.1, -0.05) is 24.3 Å². The second-order valence-corrected chi connectivity index (χ2v) is 5.71. The summed E-state index contributed by atoms with van der Waals surface area (Å²) in [7, 11) is 0. The van der Waals surface area contributed by atoms with Gasteiger partial charge in [-0.25, -0.2) is 0 Å². The van der Waals surface area contributed by atoms with Crippen LogP contribution in [0.2, 0.25) is 0 Å². The summed E-state index contributed by atoms with van der Waals surface area (Å²) in [6.45, 7) is 8.19. The smallest absolute Gasteiger partial charge is 0.0193 e. The average Bonchev–Trinajstić information content (AvgIpc) is 2.30. The van der Waals surface area contributed by atoms with Gasteiger partial charge >= 0.3 is 0 Å². The van der Waals surface area contributed by atoms with Gasteiger partial charge in [0.25, 0.3) is 0 Å². The molecule has 3 unspecified atom stereocenters. The second-order valence-electron chi connectivity index (χ2n) is 5.71. The van der Waals surface area contributed by atoms with Crippen molar-refractivity contribution >= 4 is 0 Å². The average molecular weight is 230 g/mol. The van der Waals surface area contributed by atoms with Gasteiger partial charge < -0.3 is 5.32 Å². The Morgan fingerprint density at radius 1 is 1.29 bits per heavy atom. The quantitative estimate of drug-likeness (QED) is 0.836. The lowest BCUT2D eigenvalue weighted by Crippen LogP contribution is -2.55. The fraction of sp³-hybridized carbons (Fsp3) is 0.600. The third-order valence-corrected chi connectivity index (χ3v) is 4.31. The fourth-order valence-corrected chi connectivity index (χ4v) is 3.16. The Labute approximate surface area is 104 Å². The largest absolute Gasteiger partial charge is 0.311 e. The van der Waals surface area contributed by atoms with Crippen molar-refractivity contribution in [2.75, 3.05) is 19.6 Å². The molecule has 1 heterocycles. The van der Waals surface area contributed by atoms with Crippen LogP contribution in [0.15, 0.2) is 24.3 Å². The number of nitrogens with one attached hydrogen (secondary N) is 1. The monoisotopic (exact) mass is 230 g/mol. The van der Waals surface area contributed by atoms with Crippen LogP contribution in [0.4, 0.5) is 0 Å². The molecule has 2 aliphatic rings. The molecular formula is C15H22N2. The number of hydrogen-bond donors (Lipinski definition) is 1. The highest BCUT2D eigenvalue weighted by atomic mass is 15.2. The molecule has 2 nitrogen and oxygen atoms in total. The molecule has 0 saturated carbocycles. The molecule has 92 valence electrons. The van der Waals surface area contributed by atoms with Gasteiger partial charge in [-0.3, -0.25) is 4.90 Å². The molecule has 1 aromatic carbocycles. The lowest BCUT2D eigenvalue weighted by molar-refractivity contribution is 0.134. The molecule has 1 aliphatic carbocycles. The predicted octanol–water partition coefficient (Wildman–Crippen LogP) is 2.01. The van der Waals surface area contributed by atoms with Gasteiger partial charge in [-0.15, -0.1) is 0 Å². The van der Waals surface area contributed by atoms with Gasteiger partial charge in [-0.2, -0.15) is 0 Å². The third-order valence-electron chi connectivity index (χ3n) is 4.31. The lowest BCUT2D eigenvalue weighted by atomic mass is 9.77. The van der Waals surface area contributed by atoms with Crippen LogP contribution in [0, 0.1) is 0 Å². The van der Waals surface area contributed by atoms with Gasteiger partial charge in [-0.05, 0) is 31.4 Å². The summed E-state index contributed by atoms with van der Waals surface area (Å²) in [5.74, 6) is 0.777. The molecule has 1 N–H and O–H groups in total. The SMILES string of the molecule is CC1CN(CC2Cc3ccccc32)C(C)CN1. The summed E-state index contributed by atoms with van der Waals surface area (Å²) in [5, 5.41) is 3.55. The van der Waals surface area contributed by atoms with E-state index in [0.717, 1.165) is 12.5 Å². The lowest BCUT2D eigenvalue weighted by Gasteiger charge is -2.42. The van der Waals surface area contributed by atoms with E-state index < -0.39 is 0 Å². The van der Waals surface area contributed by atoms with Crippen molar-refractivity contribution in [2.45, 2.75) is 38.3 Å². The predicted molar refractivity (Wildman–Crippen MR) is 71.4 cm³/mol. The first-order chi connectivity index (χ1) is 8.24. The Kier molecular flexibility index (Phi) is 2.93. The molecule has 0 spiro atoms. The number of fused-ring (bicyclic) bond motifs is 1. The third kappa shape index (κ3) is 2.12. The Hall–Kier alpha value is -0.860. The number of nitrogens with zero attached hydrogens (tertiary/aromatic N) is 1. The topological polar surface area (TPSA) is 15.3 Å². The number of piperazine rings is 1. The summed E-state index contributed by atoms with van der Waals surface area (Å²) < 4.78 is 0.